The number of aromatic nitrogens is 1. The molecule has 118 valence electrons. The number of esters is 1. The molecule has 0 saturated heterocycles. The van der Waals surface area contributed by atoms with Crippen molar-refractivity contribution in [3.8, 4) is 0 Å². The fourth-order valence-corrected chi connectivity index (χ4v) is 1.70. The van der Waals surface area contributed by atoms with Crippen molar-refractivity contribution in [1.29, 1.82) is 0 Å². The van der Waals surface area contributed by atoms with Crippen molar-refractivity contribution in [1.82, 2.24) is 9.47 Å². The molecule has 0 aliphatic heterocycles. The molecule has 6 nitrogen and oxygen atoms in total. The highest BCUT2D eigenvalue weighted by atomic mass is 35.5. The third kappa shape index (κ3) is 7.04. The zero-order valence-corrected chi connectivity index (χ0v) is 13.3. The van der Waals surface area contributed by atoms with Gasteiger partial charge in [0.05, 0.1) is 0 Å². The lowest BCUT2D eigenvalue weighted by Crippen LogP contribution is -2.41. The molecular weight excluding hydrogens is 296 g/mol. The van der Waals surface area contributed by atoms with Crippen LogP contribution < -0.4 is 0 Å². The van der Waals surface area contributed by atoms with E-state index in [0.29, 0.717) is 13.1 Å². The van der Waals surface area contributed by atoms with Gasteiger partial charge >= 0.3 is 12.1 Å². The first kappa shape index (κ1) is 17.4. The SMILES string of the molecule is CC(C)(C)OC(=O)N(CCn1cccc1)CC(=O)OCCl. The number of nitrogens with zero attached hydrogens (tertiary/aromatic N) is 2. The molecule has 1 aromatic rings. The largest absolute Gasteiger partial charge is 0.448 e. The molecule has 0 aliphatic rings. The summed E-state index contributed by atoms with van der Waals surface area (Å²) in [6.07, 6.45) is 3.20. The van der Waals surface area contributed by atoms with Gasteiger partial charge in [0.25, 0.3) is 0 Å². The van der Waals surface area contributed by atoms with Crippen LogP contribution in [-0.2, 0) is 20.8 Å². The van der Waals surface area contributed by atoms with E-state index in [2.05, 4.69) is 4.74 Å². The lowest BCUT2D eigenvalue weighted by atomic mass is 10.2. The molecule has 0 fully saturated rings. The number of alkyl halides is 1. The maximum atomic E-state index is 12.1. The van der Waals surface area contributed by atoms with E-state index in [9.17, 15) is 9.59 Å². The van der Waals surface area contributed by atoms with Gasteiger partial charge < -0.3 is 14.0 Å². The van der Waals surface area contributed by atoms with E-state index < -0.39 is 17.7 Å². The second kappa shape index (κ2) is 7.93. The highest BCUT2D eigenvalue weighted by Crippen LogP contribution is 2.10. The second-order valence-corrected chi connectivity index (χ2v) is 5.67. The van der Waals surface area contributed by atoms with Gasteiger partial charge in [0.2, 0.25) is 0 Å². The topological polar surface area (TPSA) is 60.8 Å². The number of amides is 1. The van der Waals surface area contributed by atoms with Gasteiger partial charge in [0.15, 0.2) is 6.07 Å². The Labute approximate surface area is 129 Å². The molecule has 0 radical (unpaired) electrons. The number of hydrogen-bond donors (Lipinski definition) is 0. The van der Waals surface area contributed by atoms with E-state index in [1.54, 1.807) is 20.8 Å². The first-order chi connectivity index (χ1) is 9.81. The van der Waals surface area contributed by atoms with Gasteiger partial charge in [0, 0.05) is 25.5 Å². The molecule has 0 aromatic carbocycles. The predicted octanol–water partition coefficient (Wildman–Crippen LogP) is 2.46. The predicted molar refractivity (Wildman–Crippen MR) is 79.1 cm³/mol. The number of carbonyl (C=O) groups is 2. The van der Waals surface area contributed by atoms with Gasteiger partial charge in [-0.05, 0) is 32.9 Å². The van der Waals surface area contributed by atoms with Gasteiger partial charge in [-0.25, -0.2) is 4.79 Å². The van der Waals surface area contributed by atoms with E-state index in [-0.39, 0.29) is 12.6 Å². The van der Waals surface area contributed by atoms with Gasteiger partial charge in [-0.2, -0.15) is 0 Å². The van der Waals surface area contributed by atoms with Crippen molar-refractivity contribution in [2.24, 2.45) is 0 Å². The number of ether oxygens (including phenoxy) is 2. The van der Waals surface area contributed by atoms with E-state index >= 15 is 0 Å². The van der Waals surface area contributed by atoms with Gasteiger partial charge in [-0.3, -0.25) is 9.69 Å². The van der Waals surface area contributed by atoms with Crippen molar-refractivity contribution >= 4 is 23.7 Å². The summed E-state index contributed by atoms with van der Waals surface area (Å²) in [6.45, 7) is 6.01. The smallest absolute Gasteiger partial charge is 0.410 e. The average molecular weight is 317 g/mol. The monoisotopic (exact) mass is 316 g/mol. The van der Waals surface area contributed by atoms with Crippen molar-refractivity contribution in [3.63, 3.8) is 0 Å². The van der Waals surface area contributed by atoms with E-state index in [1.807, 2.05) is 29.1 Å². The summed E-state index contributed by atoms with van der Waals surface area (Å²) in [6, 6.07) is 3.54. The minimum Gasteiger partial charge on any atom is -0.448 e. The molecule has 0 aliphatic carbocycles. The van der Waals surface area contributed by atoms with Crippen LogP contribution in [0.4, 0.5) is 4.79 Å². The van der Waals surface area contributed by atoms with Crippen molar-refractivity contribution < 1.29 is 19.1 Å². The first-order valence-corrected chi connectivity index (χ1v) is 7.15. The van der Waals surface area contributed by atoms with Crippen LogP contribution >= 0.6 is 11.6 Å². The molecule has 0 N–H and O–H groups in total. The average Bonchev–Trinajstić information content (AvgIpc) is 2.85. The molecule has 1 heterocycles. The van der Waals surface area contributed by atoms with E-state index in [1.165, 1.54) is 4.90 Å². The zero-order chi connectivity index (χ0) is 15.9. The molecule has 1 amide bonds. The van der Waals surface area contributed by atoms with E-state index in [4.69, 9.17) is 16.3 Å². The number of hydrogen-bond acceptors (Lipinski definition) is 4. The highest BCUT2D eigenvalue weighted by Gasteiger charge is 2.24. The maximum absolute atomic E-state index is 12.1. The molecule has 7 heteroatoms. The number of halogens is 1. The summed E-state index contributed by atoms with van der Waals surface area (Å²) >= 11 is 5.34. The Morgan fingerprint density at radius 3 is 2.38 bits per heavy atom. The van der Waals surface area contributed by atoms with Crippen LogP contribution in [0.2, 0.25) is 0 Å². The number of carbonyl (C=O) groups excluding carboxylic acids is 2. The van der Waals surface area contributed by atoms with Crippen LogP contribution in [0.3, 0.4) is 0 Å². The van der Waals surface area contributed by atoms with Crippen LogP contribution in [0.25, 0.3) is 0 Å². The Hall–Kier alpha value is -1.69. The van der Waals surface area contributed by atoms with Crippen LogP contribution in [0.15, 0.2) is 24.5 Å². The Kier molecular flexibility index (Phi) is 6.55. The Morgan fingerprint density at radius 2 is 1.86 bits per heavy atom. The Balaban J connectivity index is 2.64. The molecule has 21 heavy (non-hydrogen) atoms. The van der Waals surface area contributed by atoms with Crippen molar-refractivity contribution in [2.75, 3.05) is 19.2 Å². The molecular formula is C14H21ClN2O4. The van der Waals surface area contributed by atoms with Gasteiger partial charge in [-0.1, -0.05) is 11.6 Å². The molecule has 0 saturated carbocycles. The zero-order valence-electron chi connectivity index (χ0n) is 12.5. The maximum Gasteiger partial charge on any atom is 0.410 e. The first-order valence-electron chi connectivity index (χ1n) is 6.62. The van der Waals surface area contributed by atoms with Crippen LogP contribution in [0.1, 0.15) is 20.8 Å². The molecule has 1 rings (SSSR count). The van der Waals surface area contributed by atoms with Crippen molar-refractivity contribution in [3.05, 3.63) is 24.5 Å². The minimum absolute atomic E-state index is 0.192. The standard InChI is InChI=1S/C14H21ClN2O4/c1-14(2,3)21-13(19)17(10-12(18)20-11-15)9-8-16-6-4-5-7-16/h4-7H,8-11H2,1-3H3. The third-order valence-electron chi connectivity index (χ3n) is 2.48. The Morgan fingerprint density at radius 1 is 1.24 bits per heavy atom. The van der Waals surface area contributed by atoms with E-state index in [0.717, 1.165) is 0 Å². The normalized spacial score (nSPS) is 11.0. The summed E-state index contributed by atoms with van der Waals surface area (Å²) in [5, 5.41) is 0. The second-order valence-electron chi connectivity index (χ2n) is 5.45. The summed E-state index contributed by atoms with van der Waals surface area (Å²) < 4.78 is 11.9. The Bertz CT molecular complexity index is 454. The fraction of sp³-hybridized carbons (Fsp3) is 0.571. The molecule has 0 atom stereocenters. The molecule has 0 spiro atoms. The van der Waals surface area contributed by atoms with Gasteiger partial charge in [0.1, 0.15) is 12.1 Å². The summed E-state index contributed by atoms with van der Waals surface area (Å²) in [4.78, 5) is 24.9. The van der Waals surface area contributed by atoms with Crippen LogP contribution in [0, 0.1) is 0 Å². The summed E-state index contributed by atoms with van der Waals surface area (Å²) in [5.41, 5.74) is -0.626. The highest BCUT2D eigenvalue weighted by molar-refractivity contribution is 6.17. The fourth-order valence-electron chi connectivity index (χ4n) is 1.58. The van der Waals surface area contributed by atoms with Crippen LogP contribution in [0.5, 0.6) is 0 Å². The van der Waals surface area contributed by atoms with Crippen molar-refractivity contribution in [2.45, 2.75) is 32.9 Å². The summed E-state index contributed by atoms with van der Waals surface area (Å²) in [7, 11) is 0. The lowest BCUT2D eigenvalue weighted by molar-refractivity contribution is -0.142. The number of rotatable bonds is 6. The molecule has 0 unspecified atom stereocenters. The quantitative estimate of drug-likeness (QED) is 0.597. The summed E-state index contributed by atoms with van der Waals surface area (Å²) in [5.74, 6) is -0.566. The minimum atomic E-state index is -0.626. The van der Waals surface area contributed by atoms with Crippen LogP contribution in [-0.4, -0.2) is 46.3 Å². The van der Waals surface area contributed by atoms with Gasteiger partial charge in [-0.15, -0.1) is 0 Å². The lowest BCUT2D eigenvalue weighted by Gasteiger charge is -2.26. The molecule has 0 bridgehead atoms. The molecule has 1 aromatic heterocycles. The third-order valence-corrected chi connectivity index (χ3v) is 2.59.